The van der Waals surface area contributed by atoms with Crippen molar-refractivity contribution >= 4 is 48.6 Å². The fourth-order valence-corrected chi connectivity index (χ4v) is 10.2. The normalized spacial score (nSPS) is 13.3. The van der Waals surface area contributed by atoms with E-state index in [1.165, 1.54) is 81.5 Å². The van der Waals surface area contributed by atoms with Crippen LogP contribution in [0.1, 0.15) is 22.3 Å². The molecule has 0 fully saturated rings. The SMILES string of the molecule is c1ccc(-c2ccccc2N(c2ccc3c(c2)sc2ccccc23)c2cccc3c2-c2ccccc2C32c3ccccc3-c3ccccc32)cc1. The second-order valence-electron chi connectivity index (χ2n) is 13.6. The summed E-state index contributed by atoms with van der Waals surface area (Å²) >= 11 is 1.87. The van der Waals surface area contributed by atoms with Crippen LogP contribution < -0.4 is 4.90 Å². The highest BCUT2D eigenvalue weighted by Crippen LogP contribution is 2.64. The van der Waals surface area contributed by atoms with Crippen molar-refractivity contribution < 1.29 is 0 Å². The van der Waals surface area contributed by atoms with Crippen molar-refractivity contribution in [1.29, 1.82) is 0 Å². The van der Waals surface area contributed by atoms with Crippen LogP contribution in [-0.4, -0.2) is 0 Å². The fourth-order valence-electron chi connectivity index (χ4n) is 9.10. The van der Waals surface area contributed by atoms with E-state index in [0.717, 1.165) is 11.4 Å². The average molecular weight is 666 g/mol. The lowest BCUT2D eigenvalue weighted by Crippen LogP contribution is -2.26. The maximum atomic E-state index is 2.52. The summed E-state index contributed by atoms with van der Waals surface area (Å²) in [6.45, 7) is 0. The van der Waals surface area contributed by atoms with Crippen LogP contribution >= 0.6 is 11.3 Å². The molecule has 0 N–H and O–H groups in total. The molecule has 0 atom stereocenters. The summed E-state index contributed by atoms with van der Waals surface area (Å²) in [4.78, 5) is 2.52. The number of rotatable bonds is 4. The first-order valence-corrected chi connectivity index (χ1v) is 18.4. The minimum atomic E-state index is -0.408. The summed E-state index contributed by atoms with van der Waals surface area (Å²) in [6, 6.07) is 69.7. The van der Waals surface area contributed by atoms with Crippen molar-refractivity contribution in [2.45, 2.75) is 5.41 Å². The first-order chi connectivity index (χ1) is 25.3. The second-order valence-corrected chi connectivity index (χ2v) is 14.7. The van der Waals surface area contributed by atoms with Gasteiger partial charge in [-0.1, -0.05) is 158 Å². The third-order valence-corrected chi connectivity index (χ3v) is 12.2. The van der Waals surface area contributed by atoms with E-state index in [-0.39, 0.29) is 0 Å². The van der Waals surface area contributed by atoms with Gasteiger partial charge in [0.15, 0.2) is 0 Å². The highest BCUT2D eigenvalue weighted by Gasteiger charge is 2.52. The highest BCUT2D eigenvalue weighted by molar-refractivity contribution is 7.25. The molecule has 0 bridgehead atoms. The van der Waals surface area contributed by atoms with Crippen molar-refractivity contribution in [3.8, 4) is 33.4 Å². The van der Waals surface area contributed by atoms with Crippen molar-refractivity contribution in [2.75, 3.05) is 4.90 Å². The Balaban J connectivity index is 1.24. The standard InChI is InChI=1S/C49H31NS/c1-2-15-32(16-3-1)34-17-7-12-26-44(34)50(33-29-30-38-37-20-8-13-28-46(37)51-47(38)31-33)45-27-14-25-43-48(45)39-21-6-11-24-42(39)49(43)40-22-9-4-18-35(40)36-19-5-10-23-41(36)49/h1-31H. The Labute approximate surface area is 301 Å². The van der Waals surface area contributed by atoms with Gasteiger partial charge in [-0.15, -0.1) is 11.3 Å². The van der Waals surface area contributed by atoms with Crippen LogP contribution in [-0.2, 0) is 5.41 Å². The van der Waals surface area contributed by atoms with Crippen LogP contribution in [0.15, 0.2) is 188 Å². The molecule has 0 saturated carbocycles. The van der Waals surface area contributed by atoms with E-state index in [4.69, 9.17) is 0 Å². The molecule has 1 nitrogen and oxygen atoms in total. The Kier molecular flexibility index (Phi) is 6.11. The molecule has 2 aliphatic carbocycles. The van der Waals surface area contributed by atoms with E-state index in [0.29, 0.717) is 0 Å². The van der Waals surface area contributed by atoms with Gasteiger partial charge in [0.2, 0.25) is 0 Å². The van der Waals surface area contributed by atoms with Crippen LogP contribution in [0.3, 0.4) is 0 Å². The van der Waals surface area contributed by atoms with Crippen LogP contribution in [0.2, 0.25) is 0 Å². The molecule has 8 aromatic carbocycles. The molecular formula is C49H31NS. The largest absolute Gasteiger partial charge is 0.309 e. The van der Waals surface area contributed by atoms with Gasteiger partial charge < -0.3 is 4.90 Å². The molecule has 51 heavy (non-hydrogen) atoms. The van der Waals surface area contributed by atoms with Gasteiger partial charge in [0.1, 0.15) is 0 Å². The molecule has 0 aliphatic heterocycles. The number of para-hydroxylation sites is 1. The van der Waals surface area contributed by atoms with Crippen molar-refractivity contribution in [2.24, 2.45) is 0 Å². The Morgan fingerprint density at radius 3 is 1.69 bits per heavy atom. The maximum Gasteiger partial charge on any atom is 0.0726 e. The summed E-state index contributed by atoms with van der Waals surface area (Å²) in [6.07, 6.45) is 0. The molecule has 0 saturated heterocycles. The molecule has 0 amide bonds. The van der Waals surface area contributed by atoms with Gasteiger partial charge in [0, 0.05) is 37.0 Å². The highest BCUT2D eigenvalue weighted by atomic mass is 32.1. The summed E-state index contributed by atoms with van der Waals surface area (Å²) in [7, 11) is 0. The van der Waals surface area contributed by atoms with E-state index in [9.17, 15) is 0 Å². The third kappa shape index (κ3) is 3.91. The first kappa shape index (κ1) is 28.6. The minimum Gasteiger partial charge on any atom is -0.309 e. The molecule has 2 aliphatic rings. The van der Waals surface area contributed by atoms with E-state index in [2.05, 4.69) is 193 Å². The zero-order chi connectivity index (χ0) is 33.5. The monoisotopic (exact) mass is 665 g/mol. The van der Waals surface area contributed by atoms with Gasteiger partial charge in [0.05, 0.1) is 16.8 Å². The Hall–Kier alpha value is -6.22. The lowest BCUT2D eigenvalue weighted by Gasteiger charge is -2.32. The van der Waals surface area contributed by atoms with E-state index >= 15 is 0 Å². The lowest BCUT2D eigenvalue weighted by atomic mass is 9.70. The van der Waals surface area contributed by atoms with Gasteiger partial charge in [-0.2, -0.15) is 0 Å². The number of anilines is 3. The van der Waals surface area contributed by atoms with Crippen LogP contribution in [0.25, 0.3) is 53.6 Å². The fraction of sp³-hybridized carbons (Fsp3) is 0.0204. The number of fused-ring (bicyclic) bond motifs is 13. The topological polar surface area (TPSA) is 3.24 Å². The number of thiophene rings is 1. The van der Waals surface area contributed by atoms with E-state index in [1.807, 2.05) is 11.3 Å². The second kappa shape index (κ2) is 10.9. The average Bonchev–Trinajstić information content (AvgIpc) is 3.83. The molecule has 9 aromatic rings. The van der Waals surface area contributed by atoms with Crippen LogP contribution in [0.4, 0.5) is 17.1 Å². The summed E-state index contributed by atoms with van der Waals surface area (Å²) in [5.74, 6) is 0. The Bertz CT molecular complexity index is 2780. The van der Waals surface area contributed by atoms with Crippen molar-refractivity contribution in [3.63, 3.8) is 0 Å². The summed E-state index contributed by atoms with van der Waals surface area (Å²) in [5.41, 5.74) is 16.1. The van der Waals surface area contributed by atoms with Gasteiger partial charge in [-0.25, -0.2) is 0 Å². The smallest absolute Gasteiger partial charge is 0.0726 e. The van der Waals surface area contributed by atoms with Gasteiger partial charge in [0.25, 0.3) is 0 Å². The van der Waals surface area contributed by atoms with Crippen LogP contribution in [0.5, 0.6) is 0 Å². The maximum absolute atomic E-state index is 2.52. The summed E-state index contributed by atoms with van der Waals surface area (Å²) in [5, 5.41) is 2.62. The number of benzene rings is 8. The molecule has 1 spiro atoms. The molecule has 2 heteroatoms. The molecule has 0 radical (unpaired) electrons. The number of hydrogen-bond acceptors (Lipinski definition) is 2. The molecule has 238 valence electrons. The molecule has 1 aromatic heterocycles. The van der Waals surface area contributed by atoms with E-state index < -0.39 is 5.41 Å². The van der Waals surface area contributed by atoms with E-state index in [1.54, 1.807) is 0 Å². The Morgan fingerprint density at radius 2 is 0.922 bits per heavy atom. The Morgan fingerprint density at radius 1 is 0.373 bits per heavy atom. The van der Waals surface area contributed by atoms with Gasteiger partial charge in [-0.05, 0) is 74.8 Å². The molecule has 1 heterocycles. The van der Waals surface area contributed by atoms with Gasteiger partial charge in [-0.3, -0.25) is 0 Å². The zero-order valence-corrected chi connectivity index (χ0v) is 28.6. The predicted molar refractivity (Wildman–Crippen MR) is 216 cm³/mol. The zero-order valence-electron chi connectivity index (χ0n) is 27.8. The molecular weight excluding hydrogens is 635 g/mol. The number of nitrogens with zero attached hydrogens (tertiary/aromatic N) is 1. The van der Waals surface area contributed by atoms with Crippen molar-refractivity contribution in [1.82, 2.24) is 0 Å². The first-order valence-electron chi connectivity index (χ1n) is 17.6. The predicted octanol–water partition coefficient (Wildman–Crippen LogP) is 13.5. The summed E-state index contributed by atoms with van der Waals surface area (Å²) < 4.78 is 2.61. The van der Waals surface area contributed by atoms with Crippen LogP contribution in [0, 0.1) is 0 Å². The number of hydrogen-bond donors (Lipinski definition) is 0. The van der Waals surface area contributed by atoms with Gasteiger partial charge >= 0.3 is 0 Å². The minimum absolute atomic E-state index is 0.408. The molecule has 11 rings (SSSR count). The lowest BCUT2D eigenvalue weighted by molar-refractivity contribution is 0.794. The molecule has 0 unspecified atom stereocenters. The van der Waals surface area contributed by atoms with Crippen molar-refractivity contribution in [3.05, 3.63) is 210 Å². The third-order valence-electron chi connectivity index (χ3n) is 11.1. The quantitative estimate of drug-likeness (QED) is 0.181.